The van der Waals surface area contributed by atoms with Gasteiger partial charge in [-0.25, -0.2) is 5.57 Å². The van der Waals surface area contributed by atoms with Gasteiger partial charge in [0, 0.05) is 0 Å². The van der Waals surface area contributed by atoms with Gasteiger partial charge in [0.25, 0.3) is 0 Å². The predicted octanol–water partition coefficient (Wildman–Crippen LogP) is 7.43. The third kappa shape index (κ3) is 4.83. The van der Waals surface area contributed by atoms with Crippen LogP contribution < -0.4 is 0 Å². The molecule has 0 spiro atoms. The van der Waals surface area contributed by atoms with E-state index in [1.165, 1.54) is 38.6 Å². The molecule has 2 atom stereocenters. The normalized spacial score (nSPS) is 17.1. The Labute approximate surface area is 183 Å². The van der Waals surface area contributed by atoms with Gasteiger partial charge in [-0.2, -0.15) is 11.1 Å². The minimum Gasteiger partial charge on any atom is -0.266 e. The van der Waals surface area contributed by atoms with Crippen LogP contribution in [0.1, 0.15) is 51.7 Å². The Morgan fingerprint density at radius 3 is 2.11 bits per heavy atom. The molecule has 0 nitrogen and oxygen atoms in total. The molecule has 2 unspecified atom stereocenters. The van der Waals surface area contributed by atoms with Gasteiger partial charge in [-0.3, -0.25) is 6.08 Å². The molecule has 136 valence electrons. The fourth-order valence-corrected chi connectivity index (χ4v) is 3.64. The van der Waals surface area contributed by atoms with Crippen LogP contribution in [0, 0.1) is 12.0 Å². The first-order chi connectivity index (χ1) is 12.5. The number of benzene rings is 2. The molecule has 27 heavy (non-hydrogen) atoms. The van der Waals surface area contributed by atoms with Crippen molar-refractivity contribution in [2.24, 2.45) is 5.92 Å². The predicted molar refractivity (Wildman–Crippen MR) is 113 cm³/mol. The Hall–Kier alpha value is -1.59. The Morgan fingerprint density at radius 2 is 1.56 bits per heavy atom. The van der Waals surface area contributed by atoms with E-state index in [2.05, 4.69) is 107 Å². The molecule has 0 aromatic heterocycles. The van der Waals surface area contributed by atoms with Crippen LogP contribution in [0.2, 0.25) is 0 Å². The van der Waals surface area contributed by atoms with Gasteiger partial charge in [0.2, 0.25) is 0 Å². The zero-order valence-corrected chi connectivity index (χ0v) is 19.5. The third-order valence-electron chi connectivity index (χ3n) is 5.72. The van der Waals surface area contributed by atoms with E-state index in [4.69, 9.17) is 0 Å². The molecule has 1 aliphatic rings. The van der Waals surface area contributed by atoms with Gasteiger partial charge in [0.1, 0.15) is 0 Å². The largest absolute Gasteiger partial charge is 2.00 e. The average molecular weight is 432 g/mol. The molecule has 1 heteroatoms. The minimum atomic E-state index is 0. The van der Waals surface area contributed by atoms with Crippen molar-refractivity contribution in [2.45, 2.75) is 40.5 Å². The molecule has 0 saturated carbocycles. The van der Waals surface area contributed by atoms with Crippen LogP contribution >= 0.6 is 0 Å². The summed E-state index contributed by atoms with van der Waals surface area (Å²) < 4.78 is 0. The van der Waals surface area contributed by atoms with Gasteiger partial charge >= 0.3 is 26.2 Å². The van der Waals surface area contributed by atoms with Gasteiger partial charge in [0.05, 0.1) is 0 Å². The van der Waals surface area contributed by atoms with Gasteiger partial charge in [-0.05, 0) is 5.92 Å². The maximum absolute atomic E-state index is 3.36. The van der Waals surface area contributed by atoms with E-state index in [0.717, 1.165) is 0 Å². The summed E-state index contributed by atoms with van der Waals surface area (Å²) >= 11 is 0. The molecule has 0 saturated heterocycles. The standard InChI is InChI=1S/C17H15.C9H13.Zr/c1-13(14-7-3-2-4-8-14)16-12-11-15-9-5-6-10-17(15)16;1-6-5-7(2)9(4)8(6)3;/h2-13H,1H3;6H,1-4H3;/q2*-1;+2. The maximum atomic E-state index is 3.36. The van der Waals surface area contributed by atoms with E-state index in [0.29, 0.717) is 11.8 Å². The van der Waals surface area contributed by atoms with Crippen LogP contribution in [0.5, 0.6) is 0 Å². The molecule has 3 aromatic carbocycles. The summed E-state index contributed by atoms with van der Waals surface area (Å²) in [6, 6.07) is 23.8. The molecule has 4 rings (SSSR count). The van der Waals surface area contributed by atoms with E-state index in [9.17, 15) is 0 Å². The monoisotopic (exact) mass is 430 g/mol. The van der Waals surface area contributed by atoms with E-state index >= 15 is 0 Å². The van der Waals surface area contributed by atoms with Crippen molar-refractivity contribution in [1.29, 1.82) is 0 Å². The van der Waals surface area contributed by atoms with Crippen molar-refractivity contribution in [3.63, 3.8) is 0 Å². The topological polar surface area (TPSA) is 0 Å². The number of hydrogen-bond donors (Lipinski definition) is 0. The third-order valence-corrected chi connectivity index (χ3v) is 5.72. The van der Waals surface area contributed by atoms with Crippen molar-refractivity contribution in [3.05, 3.63) is 101 Å². The number of rotatable bonds is 2. The molecule has 1 aliphatic carbocycles. The molecule has 0 N–H and O–H groups in total. The summed E-state index contributed by atoms with van der Waals surface area (Å²) in [5.74, 6) is 1.01. The summed E-state index contributed by atoms with van der Waals surface area (Å²) in [5, 5.41) is 2.72. The molecular formula is C26H28Zr. The maximum Gasteiger partial charge on any atom is 2.00 e. The van der Waals surface area contributed by atoms with E-state index in [1.807, 2.05) is 0 Å². The first kappa shape index (κ1) is 21.7. The van der Waals surface area contributed by atoms with Crippen molar-refractivity contribution < 1.29 is 26.2 Å². The summed E-state index contributed by atoms with van der Waals surface area (Å²) in [6.45, 7) is 10.9. The number of hydrogen-bond acceptors (Lipinski definition) is 0. The van der Waals surface area contributed by atoms with Crippen molar-refractivity contribution in [1.82, 2.24) is 0 Å². The van der Waals surface area contributed by atoms with Gasteiger partial charge in [-0.1, -0.05) is 75.6 Å². The Morgan fingerprint density at radius 1 is 0.926 bits per heavy atom. The minimum absolute atomic E-state index is 0. The molecule has 3 aromatic rings. The van der Waals surface area contributed by atoms with Gasteiger partial charge in [0.15, 0.2) is 0 Å². The molecule has 0 bridgehead atoms. The van der Waals surface area contributed by atoms with Crippen LogP contribution in [0.4, 0.5) is 0 Å². The van der Waals surface area contributed by atoms with E-state index in [-0.39, 0.29) is 26.2 Å². The Kier molecular flexibility index (Phi) is 7.69. The second-order valence-electron chi connectivity index (χ2n) is 7.31. The molecule has 0 heterocycles. The van der Waals surface area contributed by atoms with Crippen LogP contribution in [0.3, 0.4) is 0 Å². The Bertz CT molecular complexity index is 941. The SMILES string of the molecule is CC(c1ccccc1)c1c[cH-]c2ccccc12.CC1=[C-]C(C)C(C)=C1C.[Zr+2]. The molecule has 0 amide bonds. The number of fused-ring (bicyclic) bond motifs is 1. The second-order valence-corrected chi connectivity index (χ2v) is 7.31. The van der Waals surface area contributed by atoms with Gasteiger partial charge < -0.3 is 0 Å². The molecule has 0 radical (unpaired) electrons. The fourth-order valence-electron chi connectivity index (χ4n) is 3.64. The quantitative estimate of drug-likeness (QED) is 0.370. The van der Waals surface area contributed by atoms with E-state index < -0.39 is 0 Å². The first-order valence-corrected chi connectivity index (χ1v) is 9.46. The van der Waals surface area contributed by atoms with Crippen LogP contribution in [0.15, 0.2) is 83.4 Å². The molecule has 0 aliphatic heterocycles. The van der Waals surface area contributed by atoms with Crippen molar-refractivity contribution >= 4 is 10.8 Å². The Balaban J connectivity index is 0.000000224. The summed E-state index contributed by atoms with van der Waals surface area (Å²) in [4.78, 5) is 0. The van der Waals surface area contributed by atoms with Crippen LogP contribution in [-0.2, 0) is 26.2 Å². The second kappa shape index (κ2) is 9.56. The summed E-state index contributed by atoms with van der Waals surface area (Å²) in [5.41, 5.74) is 7.05. The molecule has 0 fully saturated rings. The zero-order chi connectivity index (χ0) is 18.7. The summed E-state index contributed by atoms with van der Waals surface area (Å²) in [7, 11) is 0. The first-order valence-electron chi connectivity index (χ1n) is 9.46. The zero-order valence-electron chi connectivity index (χ0n) is 17.0. The van der Waals surface area contributed by atoms with Crippen LogP contribution in [0.25, 0.3) is 10.8 Å². The number of allylic oxidation sites excluding steroid dienone is 4. The van der Waals surface area contributed by atoms with Crippen molar-refractivity contribution in [3.8, 4) is 0 Å². The average Bonchev–Trinajstić information content (AvgIpc) is 3.19. The van der Waals surface area contributed by atoms with Gasteiger partial charge in [-0.15, -0.1) is 53.6 Å². The fraction of sp³-hybridized carbons (Fsp3) is 0.269. The smallest absolute Gasteiger partial charge is 0.266 e. The van der Waals surface area contributed by atoms with Crippen LogP contribution in [-0.4, -0.2) is 0 Å². The molecular weight excluding hydrogens is 404 g/mol. The van der Waals surface area contributed by atoms with Crippen molar-refractivity contribution in [2.75, 3.05) is 0 Å². The summed E-state index contributed by atoms with van der Waals surface area (Å²) in [6.07, 6.45) is 3.36. The van der Waals surface area contributed by atoms with E-state index in [1.54, 1.807) is 0 Å².